The van der Waals surface area contributed by atoms with E-state index >= 15 is 0 Å². The van der Waals surface area contributed by atoms with Crippen LogP contribution < -0.4 is 0 Å². The quantitative estimate of drug-likeness (QED) is 0.619. The number of carbonyl (C=O) groups excluding carboxylic acids is 1. The van der Waals surface area contributed by atoms with Crippen molar-refractivity contribution in [2.75, 3.05) is 6.54 Å². The molecule has 1 aliphatic heterocycles. The van der Waals surface area contributed by atoms with E-state index in [0.717, 1.165) is 0 Å². The van der Waals surface area contributed by atoms with Gasteiger partial charge in [-0.15, -0.1) is 0 Å². The molecule has 1 rings (SSSR count). The summed E-state index contributed by atoms with van der Waals surface area (Å²) in [5.41, 5.74) is -0.300. The third kappa shape index (κ3) is 1.82. The maximum atomic E-state index is 11.4. The van der Waals surface area contributed by atoms with Gasteiger partial charge in [0, 0.05) is 13.0 Å². The van der Waals surface area contributed by atoms with E-state index in [1.165, 1.54) is 4.90 Å². The molecule has 0 spiro atoms. The van der Waals surface area contributed by atoms with Crippen LogP contribution in [0.3, 0.4) is 0 Å². The van der Waals surface area contributed by atoms with Crippen LogP contribution in [0.25, 0.3) is 0 Å². The first kappa shape index (κ1) is 10.0. The molecule has 1 atom stereocenters. The summed E-state index contributed by atoms with van der Waals surface area (Å²) < 4.78 is 0. The summed E-state index contributed by atoms with van der Waals surface area (Å²) in [4.78, 5) is 23.4. The molecular formula is C9H15NO3. The molecule has 74 valence electrons. The lowest BCUT2D eigenvalue weighted by molar-refractivity contribution is -0.122. The van der Waals surface area contributed by atoms with E-state index in [1.807, 2.05) is 20.8 Å². The molecule has 0 bridgehead atoms. The first-order valence-electron chi connectivity index (χ1n) is 4.36. The third-order valence-corrected chi connectivity index (χ3v) is 2.28. The molecule has 0 saturated carbocycles. The van der Waals surface area contributed by atoms with Gasteiger partial charge >= 0.3 is 6.09 Å². The highest BCUT2D eigenvalue weighted by molar-refractivity contribution is 5.90. The molecule has 1 N–H and O–H groups in total. The molecule has 0 aromatic rings. The largest absolute Gasteiger partial charge is 0.465 e. The molecule has 1 saturated heterocycles. The number of carbonyl (C=O) groups is 2. The topological polar surface area (TPSA) is 57.6 Å². The normalized spacial score (nSPS) is 23.8. The first-order chi connectivity index (χ1) is 5.84. The molecule has 0 aromatic carbocycles. The molecule has 1 amide bonds. The van der Waals surface area contributed by atoms with Gasteiger partial charge in [0.15, 0.2) is 5.78 Å². The Morgan fingerprint density at radius 3 is 2.38 bits per heavy atom. The number of rotatable bonds is 0. The summed E-state index contributed by atoms with van der Waals surface area (Å²) in [5.74, 6) is 0.0369. The second-order valence-electron chi connectivity index (χ2n) is 4.46. The van der Waals surface area contributed by atoms with Gasteiger partial charge in [-0.2, -0.15) is 0 Å². The number of Topliss-reactive ketones (excluding diaryl/α,β-unsaturated/α-hetero) is 1. The van der Waals surface area contributed by atoms with Crippen LogP contribution in [-0.2, 0) is 4.79 Å². The van der Waals surface area contributed by atoms with E-state index < -0.39 is 12.1 Å². The standard InChI is InChI=1S/C9H15NO3/c1-9(2,3)7-6(11)4-5-10(7)8(12)13/h7H,4-5H2,1-3H3,(H,12,13). The van der Waals surface area contributed by atoms with Crippen molar-refractivity contribution in [2.45, 2.75) is 33.2 Å². The molecule has 0 aliphatic carbocycles. The molecule has 4 heteroatoms. The van der Waals surface area contributed by atoms with Gasteiger partial charge < -0.3 is 5.11 Å². The number of amides is 1. The van der Waals surface area contributed by atoms with E-state index in [9.17, 15) is 9.59 Å². The van der Waals surface area contributed by atoms with Crippen molar-refractivity contribution in [3.63, 3.8) is 0 Å². The van der Waals surface area contributed by atoms with Crippen molar-refractivity contribution in [2.24, 2.45) is 5.41 Å². The van der Waals surface area contributed by atoms with Gasteiger partial charge in [0.1, 0.15) is 0 Å². The average Bonchev–Trinajstić information content (AvgIpc) is 2.28. The minimum Gasteiger partial charge on any atom is -0.465 e. The number of ketones is 1. The van der Waals surface area contributed by atoms with Crippen LogP contribution >= 0.6 is 0 Å². The van der Waals surface area contributed by atoms with E-state index in [2.05, 4.69) is 0 Å². The lowest BCUT2D eigenvalue weighted by Crippen LogP contribution is -2.45. The SMILES string of the molecule is CC(C)(C)C1C(=O)CCN1C(=O)O. The molecule has 1 heterocycles. The Balaban J connectivity index is 2.90. The monoisotopic (exact) mass is 185 g/mol. The van der Waals surface area contributed by atoms with Gasteiger partial charge in [0.05, 0.1) is 6.04 Å². The maximum Gasteiger partial charge on any atom is 0.407 e. The lowest BCUT2D eigenvalue weighted by atomic mass is 9.85. The minimum absolute atomic E-state index is 0.0369. The van der Waals surface area contributed by atoms with E-state index in [-0.39, 0.29) is 11.2 Å². The first-order valence-corrected chi connectivity index (χ1v) is 4.36. The van der Waals surface area contributed by atoms with Crippen LogP contribution in [-0.4, -0.2) is 34.5 Å². The Hall–Kier alpha value is -1.06. The van der Waals surface area contributed by atoms with Crippen molar-refractivity contribution >= 4 is 11.9 Å². The highest BCUT2D eigenvalue weighted by atomic mass is 16.4. The van der Waals surface area contributed by atoms with Crippen LogP contribution in [0.4, 0.5) is 4.79 Å². The lowest BCUT2D eigenvalue weighted by Gasteiger charge is -2.31. The zero-order valence-electron chi connectivity index (χ0n) is 8.20. The van der Waals surface area contributed by atoms with Gasteiger partial charge in [-0.25, -0.2) is 4.79 Å². The number of carboxylic acid groups (broad SMARTS) is 1. The summed E-state index contributed by atoms with van der Waals surface area (Å²) in [5, 5.41) is 8.84. The summed E-state index contributed by atoms with van der Waals surface area (Å²) in [6.45, 7) is 6.00. The molecular weight excluding hydrogens is 170 g/mol. The fourth-order valence-corrected chi connectivity index (χ4v) is 1.83. The highest BCUT2D eigenvalue weighted by Gasteiger charge is 2.42. The fourth-order valence-electron chi connectivity index (χ4n) is 1.83. The van der Waals surface area contributed by atoms with Crippen LogP contribution in [0.5, 0.6) is 0 Å². The number of likely N-dealkylation sites (tertiary alicyclic amines) is 1. The Morgan fingerprint density at radius 1 is 1.54 bits per heavy atom. The number of hydrogen-bond donors (Lipinski definition) is 1. The van der Waals surface area contributed by atoms with E-state index in [4.69, 9.17) is 5.11 Å². The van der Waals surface area contributed by atoms with Crippen LogP contribution in [0.2, 0.25) is 0 Å². The van der Waals surface area contributed by atoms with Gasteiger partial charge in [-0.3, -0.25) is 9.69 Å². The Bertz CT molecular complexity index is 242. The second kappa shape index (κ2) is 3.01. The maximum absolute atomic E-state index is 11.4. The molecule has 13 heavy (non-hydrogen) atoms. The third-order valence-electron chi connectivity index (χ3n) is 2.28. The van der Waals surface area contributed by atoms with Gasteiger partial charge in [-0.1, -0.05) is 20.8 Å². The molecule has 4 nitrogen and oxygen atoms in total. The molecule has 0 aromatic heterocycles. The van der Waals surface area contributed by atoms with E-state index in [1.54, 1.807) is 0 Å². The molecule has 1 fully saturated rings. The van der Waals surface area contributed by atoms with Gasteiger partial charge in [-0.05, 0) is 5.41 Å². The number of nitrogens with zero attached hydrogens (tertiary/aromatic N) is 1. The zero-order chi connectivity index (χ0) is 10.2. The second-order valence-corrected chi connectivity index (χ2v) is 4.46. The van der Waals surface area contributed by atoms with Gasteiger partial charge in [0.2, 0.25) is 0 Å². The predicted molar refractivity (Wildman–Crippen MR) is 47.6 cm³/mol. The van der Waals surface area contributed by atoms with Crippen molar-refractivity contribution in [1.29, 1.82) is 0 Å². The van der Waals surface area contributed by atoms with Crippen molar-refractivity contribution in [1.82, 2.24) is 4.90 Å². The summed E-state index contributed by atoms with van der Waals surface area (Å²) in [7, 11) is 0. The van der Waals surface area contributed by atoms with E-state index in [0.29, 0.717) is 13.0 Å². The summed E-state index contributed by atoms with van der Waals surface area (Å²) in [6, 6.07) is -0.468. The summed E-state index contributed by atoms with van der Waals surface area (Å²) >= 11 is 0. The van der Waals surface area contributed by atoms with Crippen molar-refractivity contribution in [3.05, 3.63) is 0 Å². The predicted octanol–water partition coefficient (Wildman–Crippen LogP) is 1.35. The Morgan fingerprint density at radius 2 is 2.08 bits per heavy atom. The van der Waals surface area contributed by atoms with Crippen LogP contribution in [0.1, 0.15) is 27.2 Å². The van der Waals surface area contributed by atoms with Gasteiger partial charge in [0.25, 0.3) is 0 Å². The molecule has 0 radical (unpaired) electrons. The highest BCUT2D eigenvalue weighted by Crippen LogP contribution is 2.30. The van der Waals surface area contributed by atoms with Crippen LogP contribution in [0, 0.1) is 5.41 Å². The smallest absolute Gasteiger partial charge is 0.407 e. The average molecular weight is 185 g/mol. The fraction of sp³-hybridized carbons (Fsp3) is 0.778. The molecule has 1 unspecified atom stereocenters. The minimum atomic E-state index is -0.995. The summed E-state index contributed by atoms with van der Waals surface area (Å²) in [6.07, 6.45) is -0.639. The molecule has 1 aliphatic rings. The van der Waals surface area contributed by atoms with Crippen molar-refractivity contribution < 1.29 is 14.7 Å². The Kier molecular flexibility index (Phi) is 2.32. The zero-order valence-corrected chi connectivity index (χ0v) is 8.20. The Labute approximate surface area is 77.5 Å². The number of hydrogen-bond acceptors (Lipinski definition) is 2. The van der Waals surface area contributed by atoms with Crippen molar-refractivity contribution in [3.8, 4) is 0 Å². The van der Waals surface area contributed by atoms with Crippen LogP contribution in [0.15, 0.2) is 0 Å².